The molecule has 3 heterocycles. The molecule has 4 aliphatic rings. The predicted molar refractivity (Wildman–Crippen MR) is 121 cm³/mol. The van der Waals surface area contributed by atoms with E-state index in [2.05, 4.69) is 13.8 Å². The summed E-state index contributed by atoms with van der Waals surface area (Å²) in [6.45, 7) is 8.08. The van der Waals surface area contributed by atoms with Crippen LogP contribution < -0.4 is 0 Å². The Kier molecular flexibility index (Phi) is 5.63. The summed E-state index contributed by atoms with van der Waals surface area (Å²) in [5, 5.41) is 11.9. The standard InChI is InChI=1S/C26H34O10/c1-15-10-21(35-18(4)29)23(13-32-16(2)27)24(14-33-24)20(34-17(3)28)6-8-26(23)22(15,5)12-25(30,36-26)19-7-9-31-11-19/h7,9,11,15,20-21,30H,6,8,10,12-14H2,1-5H3/t15-,20+,21+,22-,23+,24-,25-,26+/m0/s1. The van der Waals surface area contributed by atoms with Crippen molar-refractivity contribution in [2.24, 2.45) is 16.7 Å². The van der Waals surface area contributed by atoms with E-state index in [1.165, 1.54) is 33.3 Å². The van der Waals surface area contributed by atoms with Gasteiger partial charge in [-0.2, -0.15) is 0 Å². The molecule has 2 aliphatic carbocycles. The fraction of sp³-hybridized carbons (Fsp3) is 0.731. The van der Waals surface area contributed by atoms with Crippen LogP contribution in [0.25, 0.3) is 0 Å². The lowest BCUT2D eigenvalue weighted by atomic mass is 9.40. The molecule has 1 aromatic heterocycles. The van der Waals surface area contributed by atoms with E-state index in [1.807, 2.05) is 0 Å². The topological polar surface area (TPSA) is 134 Å². The van der Waals surface area contributed by atoms with Crippen LogP contribution >= 0.6 is 0 Å². The Morgan fingerprint density at radius 3 is 2.33 bits per heavy atom. The molecule has 36 heavy (non-hydrogen) atoms. The number of carbonyl (C=O) groups excluding carboxylic acids is 3. The van der Waals surface area contributed by atoms with Crippen LogP contribution in [0.1, 0.15) is 65.9 Å². The normalized spacial score (nSPS) is 44.9. The minimum absolute atomic E-state index is 0.0608. The number of esters is 3. The summed E-state index contributed by atoms with van der Waals surface area (Å²) in [5.41, 5.74) is -3.73. The molecule has 10 nitrogen and oxygen atoms in total. The number of hydrogen-bond acceptors (Lipinski definition) is 10. The van der Waals surface area contributed by atoms with Gasteiger partial charge in [0, 0.05) is 38.2 Å². The van der Waals surface area contributed by atoms with Gasteiger partial charge in [0.2, 0.25) is 0 Å². The first-order valence-corrected chi connectivity index (χ1v) is 12.4. The SMILES string of the molecule is CC(=O)OC[C@]12[C@H](OC(C)=O)C[C@H](C)[C@]3(C)C[C@@](O)(c4ccoc4)O[C@@]13CC[C@@H](OC(C)=O)[C@@]21CO1. The average molecular weight is 507 g/mol. The second-order valence-electron chi connectivity index (χ2n) is 11.1. The van der Waals surface area contributed by atoms with Gasteiger partial charge in [-0.1, -0.05) is 13.8 Å². The van der Waals surface area contributed by atoms with Crippen molar-refractivity contribution in [2.75, 3.05) is 13.2 Å². The Bertz CT molecular complexity index is 1060. The van der Waals surface area contributed by atoms with Crippen LogP contribution in [-0.2, 0) is 43.9 Å². The highest BCUT2D eigenvalue weighted by atomic mass is 16.7. The Hall–Kier alpha value is -2.43. The van der Waals surface area contributed by atoms with Crippen LogP contribution in [-0.4, -0.2) is 59.6 Å². The number of rotatable bonds is 5. The monoisotopic (exact) mass is 506 g/mol. The van der Waals surface area contributed by atoms with Crippen LogP contribution in [0, 0.1) is 16.7 Å². The summed E-state index contributed by atoms with van der Waals surface area (Å²) in [5.74, 6) is -3.25. The molecule has 4 fully saturated rings. The molecule has 2 saturated heterocycles. The zero-order valence-electron chi connectivity index (χ0n) is 21.3. The maximum atomic E-state index is 12.4. The number of carbonyl (C=O) groups is 3. The number of hydrogen-bond donors (Lipinski definition) is 1. The van der Waals surface area contributed by atoms with Crippen LogP contribution in [0.15, 0.2) is 23.0 Å². The molecule has 2 aliphatic heterocycles. The third-order valence-electron chi connectivity index (χ3n) is 9.38. The van der Waals surface area contributed by atoms with Crippen LogP contribution in [0.2, 0.25) is 0 Å². The van der Waals surface area contributed by atoms with E-state index in [4.69, 9.17) is 28.1 Å². The maximum Gasteiger partial charge on any atom is 0.303 e. The zero-order valence-corrected chi connectivity index (χ0v) is 21.3. The van der Waals surface area contributed by atoms with E-state index in [9.17, 15) is 19.5 Å². The summed E-state index contributed by atoms with van der Waals surface area (Å²) in [6.07, 6.45) is 2.88. The van der Waals surface area contributed by atoms with Gasteiger partial charge >= 0.3 is 17.9 Å². The van der Waals surface area contributed by atoms with Gasteiger partial charge in [0.05, 0.1) is 24.7 Å². The van der Waals surface area contributed by atoms with Gasteiger partial charge in [-0.25, -0.2) is 0 Å². The van der Waals surface area contributed by atoms with Gasteiger partial charge in [-0.15, -0.1) is 0 Å². The summed E-state index contributed by atoms with van der Waals surface area (Å²) in [4.78, 5) is 36.6. The summed E-state index contributed by atoms with van der Waals surface area (Å²) in [7, 11) is 0. The molecule has 10 heteroatoms. The number of ether oxygens (including phenoxy) is 5. The third-order valence-corrected chi connectivity index (χ3v) is 9.38. The highest BCUT2D eigenvalue weighted by molar-refractivity contribution is 5.68. The van der Waals surface area contributed by atoms with Gasteiger partial charge in [0.15, 0.2) is 5.79 Å². The minimum Gasteiger partial charge on any atom is -0.472 e. The van der Waals surface area contributed by atoms with Crippen molar-refractivity contribution >= 4 is 17.9 Å². The molecule has 5 rings (SSSR count). The van der Waals surface area contributed by atoms with Crippen molar-refractivity contribution < 1.29 is 47.6 Å². The van der Waals surface area contributed by atoms with E-state index in [0.717, 1.165) is 0 Å². The van der Waals surface area contributed by atoms with Crippen molar-refractivity contribution in [1.82, 2.24) is 0 Å². The van der Waals surface area contributed by atoms with Crippen molar-refractivity contribution in [3.63, 3.8) is 0 Å². The molecule has 8 atom stereocenters. The fourth-order valence-electron chi connectivity index (χ4n) is 7.75. The molecule has 198 valence electrons. The summed E-state index contributed by atoms with van der Waals surface area (Å²) < 4.78 is 35.7. The van der Waals surface area contributed by atoms with E-state index in [0.29, 0.717) is 24.8 Å². The van der Waals surface area contributed by atoms with E-state index >= 15 is 0 Å². The van der Waals surface area contributed by atoms with E-state index in [-0.39, 0.29) is 25.6 Å². The third kappa shape index (κ3) is 3.16. The Morgan fingerprint density at radius 1 is 1.11 bits per heavy atom. The zero-order chi connectivity index (χ0) is 26.1. The first kappa shape index (κ1) is 25.2. The largest absolute Gasteiger partial charge is 0.472 e. The number of furan rings is 1. The molecule has 2 spiro atoms. The number of epoxide rings is 1. The van der Waals surface area contributed by atoms with Gasteiger partial charge < -0.3 is 33.2 Å². The Labute approximate surface area is 209 Å². The molecule has 0 aromatic carbocycles. The van der Waals surface area contributed by atoms with Crippen molar-refractivity contribution in [3.8, 4) is 0 Å². The second kappa shape index (κ2) is 8.03. The van der Waals surface area contributed by atoms with Crippen LogP contribution in [0.5, 0.6) is 0 Å². The lowest BCUT2D eigenvalue weighted by molar-refractivity contribution is -0.344. The van der Waals surface area contributed by atoms with Crippen molar-refractivity contribution in [3.05, 3.63) is 24.2 Å². The Balaban J connectivity index is 1.75. The minimum atomic E-state index is -1.70. The lowest BCUT2D eigenvalue weighted by Crippen LogP contribution is -2.78. The van der Waals surface area contributed by atoms with Crippen LogP contribution in [0.3, 0.4) is 0 Å². The fourth-order valence-corrected chi connectivity index (χ4v) is 7.75. The molecule has 1 N–H and O–H groups in total. The molecule has 0 radical (unpaired) electrons. The van der Waals surface area contributed by atoms with Crippen molar-refractivity contribution in [1.29, 1.82) is 0 Å². The van der Waals surface area contributed by atoms with Gasteiger partial charge in [-0.05, 0) is 31.2 Å². The smallest absolute Gasteiger partial charge is 0.303 e. The molecule has 0 bridgehead atoms. The molecular formula is C26H34O10. The van der Waals surface area contributed by atoms with E-state index < -0.39 is 57.9 Å². The predicted octanol–water partition coefficient (Wildman–Crippen LogP) is 2.61. The van der Waals surface area contributed by atoms with Crippen molar-refractivity contribution in [2.45, 2.75) is 89.5 Å². The molecule has 1 aromatic rings. The maximum absolute atomic E-state index is 12.4. The highest BCUT2D eigenvalue weighted by Gasteiger charge is 2.88. The van der Waals surface area contributed by atoms with Crippen LogP contribution in [0.4, 0.5) is 0 Å². The molecule has 0 unspecified atom stereocenters. The Morgan fingerprint density at radius 2 is 1.78 bits per heavy atom. The number of aliphatic hydroxyl groups is 1. The number of fused-ring (bicyclic) bond motifs is 1. The van der Waals surface area contributed by atoms with E-state index in [1.54, 1.807) is 6.07 Å². The van der Waals surface area contributed by atoms with Gasteiger partial charge in [-0.3, -0.25) is 14.4 Å². The first-order chi connectivity index (χ1) is 16.9. The molecular weight excluding hydrogens is 472 g/mol. The quantitative estimate of drug-likeness (QED) is 0.361. The summed E-state index contributed by atoms with van der Waals surface area (Å²) in [6, 6.07) is 1.66. The lowest BCUT2D eigenvalue weighted by Gasteiger charge is -2.67. The van der Waals surface area contributed by atoms with Gasteiger partial charge in [0.25, 0.3) is 0 Å². The second-order valence-corrected chi connectivity index (χ2v) is 11.1. The molecule has 0 amide bonds. The molecule has 2 saturated carbocycles. The average Bonchev–Trinajstić information content (AvgIpc) is 3.25. The summed E-state index contributed by atoms with van der Waals surface area (Å²) >= 11 is 0. The first-order valence-electron chi connectivity index (χ1n) is 12.4. The van der Waals surface area contributed by atoms with Gasteiger partial charge in [0.1, 0.15) is 29.8 Å². The highest BCUT2D eigenvalue weighted by Crippen LogP contribution is 2.76.